The monoisotopic (exact) mass is 588 g/mol. The fraction of sp³-hybridized carbons (Fsp3) is 0. The number of fused-ring (bicyclic) bond motifs is 1. The summed E-state index contributed by atoms with van der Waals surface area (Å²) in [6.45, 7) is 0. The molecule has 0 saturated carbocycles. The maximum atomic E-state index is 5.02. The molecule has 0 aliphatic heterocycles. The Morgan fingerprint density at radius 2 is 0.739 bits per heavy atom. The third kappa shape index (κ3) is 5.44. The fourth-order valence-electron chi connectivity index (χ4n) is 5.80. The van der Waals surface area contributed by atoms with Gasteiger partial charge in [0.15, 0.2) is 17.5 Å². The highest BCUT2D eigenvalue weighted by atomic mass is 15.0. The Hall–Kier alpha value is -6.26. The first kappa shape index (κ1) is 27.3. The Kier molecular flexibility index (Phi) is 7.14. The topological polar surface area (TPSA) is 51.6 Å². The summed E-state index contributed by atoms with van der Waals surface area (Å²) in [5.74, 6) is 1.86. The summed E-state index contributed by atoms with van der Waals surface area (Å²) < 4.78 is 0. The van der Waals surface area contributed by atoms with E-state index in [1.165, 1.54) is 11.1 Å². The zero-order valence-electron chi connectivity index (χ0n) is 25.0. The number of nitrogens with zero attached hydrogens (tertiary/aromatic N) is 4. The highest BCUT2D eigenvalue weighted by Crippen LogP contribution is 2.32. The first-order chi connectivity index (χ1) is 22.8. The molecule has 0 amide bonds. The second-order valence-corrected chi connectivity index (χ2v) is 11.2. The predicted octanol–water partition coefficient (Wildman–Crippen LogP) is 10.4. The summed E-state index contributed by atoms with van der Waals surface area (Å²) in [5.41, 5.74) is 9.33. The molecule has 0 aliphatic carbocycles. The van der Waals surface area contributed by atoms with Crippen LogP contribution in [0.25, 0.3) is 78.4 Å². The van der Waals surface area contributed by atoms with Crippen LogP contribution >= 0.6 is 0 Å². The van der Waals surface area contributed by atoms with Gasteiger partial charge >= 0.3 is 0 Å². The highest BCUT2D eigenvalue weighted by molar-refractivity contribution is 5.95. The van der Waals surface area contributed by atoms with Crippen LogP contribution in [0.2, 0.25) is 0 Å². The van der Waals surface area contributed by atoms with Crippen LogP contribution in [0.3, 0.4) is 0 Å². The van der Waals surface area contributed by atoms with Gasteiger partial charge in [-0.05, 0) is 39.8 Å². The van der Waals surface area contributed by atoms with E-state index in [-0.39, 0.29) is 0 Å². The Balaban J connectivity index is 1.23. The van der Waals surface area contributed by atoms with Crippen LogP contribution in [0.15, 0.2) is 170 Å². The average Bonchev–Trinajstić information content (AvgIpc) is 3.15. The molecule has 46 heavy (non-hydrogen) atoms. The first-order valence-corrected chi connectivity index (χ1v) is 15.3. The summed E-state index contributed by atoms with van der Waals surface area (Å²) in [6.07, 6.45) is 1.86. The SMILES string of the molecule is c1ccc(-c2ccc(-c3nc(-c4ccc(-c5ccccc5)cc4)nc(-c4cccc(-c5nccc6ccccc56)c4)n3)cc2)cc1. The van der Waals surface area contributed by atoms with Crippen LogP contribution in [-0.2, 0) is 0 Å². The van der Waals surface area contributed by atoms with Gasteiger partial charge in [0, 0.05) is 33.8 Å². The Morgan fingerprint density at radius 1 is 0.304 bits per heavy atom. The largest absolute Gasteiger partial charge is 0.256 e. The third-order valence-electron chi connectivity index (χ3n) is 8.20. The van der Waals surface area contributed by atoms with E-state index in [1.807, 2.05) is 36.5 Å². The maximum absolute atomic E-state index is 5.02. The molecule has 216 valence electrons. The van der Waals surface area contributed by atoms with Crippen molar-refractivity contribution in [3.8, 4) is 67.7 Å². The number of pyridine rings is 1. The summed E-state index contributed by atoms with van der Waals surface area (Å²) in [5, 5.41) is 2.26. The van der Waals surface area contributed by atoms with E-state index in [0.717, 1.165) is 49.8 Å². The molecule has 2 heterocycles. The molecular formula is C42H28N4. The van der Waals surface area contributed by atoms with Crippen molar-refractivity contribution in [2.24, 2.45) is 0 Å². The molecule has 8 rings (SSSR count). The number of benzene rings is 6. The maximum Gasteiger partial charge on any atom is 0.164 e. The molecule has 0 atom stereocenters. The van der Waals surface area contributed by atoms with Crippen molar-refractivity contribution in [1.29, 1.82) is 0 Å². The van der Waals surface area contributed by atoms with E-state index in [0.29, 0.717) is 17.5 Å². The van der Waals surface area contributed by atoms with Gasteiger partial charge in [-0.3, -0.25) is 4.98 Å². The van der Waals surface area contributed by atoms with Crippen molar-refractivity contribution in [1.82, 2.24) is 19.9 Å². The number of rotatable bonds is 6. The normalized spacial score (nSPS) is 11.0. The van der Waals surface area contributed by atoms with Gasteiger partial charge in [-0.25, -0.2) is 15.0 Å². The Labute approximate surface area is 267 Å². The van der Waals surface area contributed by atoms with E-state index in [1.54, 1.807) is 0 Å². The molecule has 4 nitrogen and oxygen atoms in total. The van der Waals surface area contributed by atoms with Gasteiger partial charge in [0.05, 0.1) is 5.69 Å². The van der Waals surface area contributed by atoms with Gasteiger partial charge in [0.25, 0.3) is 0 Å². The van der Waals surface area contributed by atoms with Crippen LogP contribution in [-0.4, -0.2) is 19.9 Å². The first-order valence-electron chi connectivity index (χ1n) is 15.3. The number of hydrogen-bond acceptors (Lipinski definition) is 4. The van der Waals surface area contributed by atoms with Crippen LogP contribution in [0.5, 0.6) is 0 Å². The lowest BCUT2D eigenvalue weighted by Crippen LogP contribution is -2.00. The minimum Gasteiger partial charge on any atom is -0.256 e. The molecule has 0 unspecified atom stereocenters. The summed E-state index contributed by atoms with van der Waals surface area (Å²) in [4.78, 5) is 19.8. The van der Waals surface area contributed by atoms with Gasteiger partial charge in [0.2, 0.25) is 0 Å². The van der Waals surface area contributed by atoms with E-state index < -0.39 is 0 Å². The van der Waals surface area contributed by atoms with E-state index in [9.17, 15) is 0 Å². The number of aromatic nitrogens is 4. The lowest BCUT2D eigenvalue weighted by atomic mass is 10.0. The molecule has 0 fully saturated rings. The zero-order valence-corrected chi connectivity index (χ0v) is 25.0. The molecule has 2 aromatic heterocycles. The Morgan fingerprint density at radius 3 is 1.33 bits per heavy atom. The fourth-order valence-corrected chi connectivity index (χ4v) is 5.80. The molecular weight excluding hydrogens is 560 g/mol. The van der Waals surface area contributed by atoms with Crippen molar-refractivity contribution < 1.29 is 0 Å². The van der Waals surface area contributed by atoms with E-state index in [4.69, 9.17) is 19.9 Å². The standard InChI is InChI=1S/C42H28N4/c1-3-10-29(11-4-1)31-18-22-34(23-19-31)40-44-41(35-24-20-32(21-25-35)30-12-5-2-6-13-30)46-42(45-40)37-16-9-15-36(28-37)39-38-17-8-7-14-33(38)26-27-43-39/h1-28H. The average molecular weight is 589 g/mol. The second-order valence-electron chi connectivity index (χ2n) is 11.2. The molecule has 4 heteroatoms. The van der Waals surface area contributed by atoms with Gasteiger partial charge in [-0.1, -0.05) is 152 Å². The minimum atomic E-state index is 0.612. The minimum absolute atomic E-state index is 0.612. The Bertz CT molecular complexity index is 2170. The summed E-state index contributed by atoms with van der Waals surface area (Å²) in [6, 6.07) is 56.2. The smallest absolute Gasteiger partial charge is 0.164 e. The van der Waals surface area contributed by atoms with Crippen molar-refractivity contribution in [2.45, 2.75) is 0 Å². The lowest BCUT2D eigenvalue weighted by Gasteiger charge is -2.11. The molecule has 0 N–H and O–H groups in total. The van der Waals surface area contributed by atoms with Crippen LogP contribution < -0.4 is 0 Å². The predicted molar refractivity (Wildman–Crippen MR) is 188 cm³/mol. The molecule has 6 aromatic carbocycles. The molecule has 0 aliphatic rings. The summed E-state index contributed by atoms with van der Waals surface area (Å²) >= 11 is 0. The quantitative estimate of drug-likeness (QED) is 0.194. The third-order valence-corrected chi connectivity index (χ3v) is 8.20. The molecule has 8 aromatic rings. The van der Waals surface area contributed by atoms with Crippen LogP contribution in [0, 0.1) is 0 Å². The van der Waals surface area contributed by atoms with E-state index >= 15 is 0 Å². The second kappa shape index (κ2) is 12.0. The van der Waals surface area contributed by atoms with Gasteiger partial charge in [0.1, 0.15) is 0 Å². The van der Waals surface area contributed by atoms with Crippen molar-refractivity contribution in [3.05, 3.63) is 170 Å². The van der Waals surface area contributed by atoms with Crippen molar-refractivity contribution in [2.75, 3.05) is 0 Å². The van der Waals surface area contributed by atoms with Gasteiger partial charge < -0.3 is 0 Å². The van der Waals surface area contributed by atoms with E-state index in [2.05, 4.69) is 133 Å². The van der Waals surface area contributed by atoms with Gasteiger partial charge in [-0.2, -0.15) is 0 Å². The zero-order chi connectivity index (χ0) is 30.7. The molecule has 0 spiro atoms. The molecule has 0 bridgehead atoms. The van der Waals surface area contributed by atoms with Gasteiger partial charge in [-0.15, -0.1) is 0 Å². The number of hydrogen-bond donors (Lipinski definition) is 0. The van der Waals surface area contributed by atoms with Crippen molar-refractivity contribution >= 4 is 10.8 Å². The summed E-state index contributed by atoms with van der Waals surface area (Å²) in [7, 11) is 0. The molecule has 0 radical (unpaired) electrons. The highest BCUT2D eigenvalue weighted by Gasteiger charge is 2.14. The van der Waals surface area contributed by atoms with Crippen LogP contribution in [0.1, 0.15) is 0 Å². The lowest BCUT2D eigenvalue weighted by molar-refractivity contribution is 1.07. The van der Waals surface area contributed by atoms with Crippen LogP contribution in [0.4, 0.5) is 0 Å². The molecule has 0 saturated heterocycles. The van der Waals surface area contributed by atoms with Crippen molar-refractivity contribution in [3.63, 3.8) is 0 Å².